The number of nitriles is 1. The Kier molecular flexibility index (Phi) is 5.57. The van der Waals surface area contributed by atoms with Gasteiger partial charge >= 0.3 is 0 Å². The molecule has 0 bridgehead atoms. The van der Waals surface area contributed by atoms with Crippen LogP contribution in [-0.2, 0) is 4.79 Å². The minimum atomic E-state index is -0.505. The van der Waals surface area contributed by atoms with Crippen molar-refractivity contribution in [2.75, 3.05) is 7.05 Å². The monoisotopic (exact) mass is 258 g/mol. The van der Waals surface area contributed by atoms with Crippen LogP contribution < -0.4 is 0 Å². The molecule has 0 spiro atoms. The SMILES string of the molecule is CCC(CC)C(=O)N(C)C(C#N)c1ccccc1C. The van der Waals surface area contributed by atoms with Crippen LogP contribution in [0.2, 0.25) is 0 Å². The fourth-order valence-electron chi connectivity index (χ4n) is 2.31. The lowest BCUT2D eigenvalue weighted by atomic mass is 9.97. The first-order valence-corrected chi connectivity index (χ1v) is 6.78. The average molecular weight is 258 g/mol. The van der Waals surface area contributed by atoms with E-state index in [1.807, 2.05) is 45.0 Å². The molecule has 0 saturated carbocycles. The van der Waals surface area contributed by atoms with E-state index in [1.54, 1.807) is 11.9 Å². The Morgan fingerprint density at radius 2 is 1.89 bits per heavy atom. The summed E-state index contributed by atoms with van der Waals surface area (Å²) >= 11 is 0. The van der Waals surface area contributed by atoms with Crippen molar-refractivity contribution in [1.29, 1.82) is 5.26 Å². The fraction of sp³-hybridized carbons (Fsp3) is 0.500. The molecule has 1 amide bonds. The van der Waals surface area contributed by atoms with Crippen LogP contribution in [0.3, 0.4) is 0 Å². The van der Waals surface area contributed by atoms with Gasteiger partial charge in [0.25, 0.3) is 0 Å². The van der Waals surface area contributed by atoms with E-state index in [1.165, 1.54) is 0 Å². The second-order valence-corrected chi connectivity index (χ2v) is 4.85. The first-order chi connectivity index (χ1) is 9.06. The maximum atomic E-state index is 12.4. The van der Waals surface area contributed by atoms with Gasteiger partial charge in [-0.1, -0.05) is 38.1 Å². The van der Waals surface area contributed by atoms with E-state index in [2.05, 4.69) is 6.07 Å². The summed E-state index contributed by atoms with van der Waals surface area (Å²) in [5, 5.41) is 9.41. The molecule has 102 valence electrons. The highest BCUT2D eigenvalue weighted by Crippen LogP contribution is 2.24. The van der Waals surface area contributed by atoms with Crippen molar-refractivity contribution < 1.29 is 4.79 Å². The lowest BCUT2D eigenvalue weighted by Gasteiger charge is -2.27. The van der Waals surface area contributed by atoms with Crippen LogP contribution in [0.5, 0.6) is 0 Å². The molecule has 0 radical (unpaired) electrons. The third-order valence-electron chi connectivity index (χ3n) is 3.68. The number of rotatable bonds is 5. The number of hydrogen-bond acceptors (Lipinski definition) is 2. The van der Waals surface area contributed by atoms with Gasteiger partial charge in [-0.15, -0.1) is 0 Å². The highest BCUT2D eigenvalue weighted by atomic mass is 16.2. The van der Waals surface area contributed by atoms with Gasteiger partial charge in [0, 0.05) is 13.0 Å². The summed E-state index contributed by atoms with van der Waals surface area (Å²) < 4.78 is 0. The van der Waals surface area contributed by atoms with Crippen LogP contribution in [-0.4, -0.2) is 17.9 Å². The van der Waals surface area contributed by atoms with Crippen LogP contribution in [0.4, 0.5) is 0 Å². The second-order valence-electron chi connectivity index (χ2n) is 4.85. The molecule has 0 heterocycles. The molecule has 0 aliphatic heterocycles. The number of aryl methyl sites for hydroxylation is 1. The molecular weight excluding hydrogens is 236 g/mol. The van der Waals surface area contributed by atoms with E-state index in [-0.39, 0.29) is 11.8 Å². The molecule has 0 fully saturated rings. The van der Waals surface area contributed by atoms with Gasteiger partial charge in [0.15, 0.2) is 0 Å². The van der Waals surface area contributed by atoms with Crippen LogP contribution in [0.15, 0.2) is 24.3 Å². The van der Waals surface area contributed by atoms with Crippen molar-refractivity contribution in [3.8, 4) is 6.07 Å². The van der Waals surface area contributed by atoms with E-state index in [0.717, 1.165) is 24.0 Å². The Morgan fingerprint density at radius 1 is 1.32 bits per heavy atom. The van der Waals surface area contributed by atoms with Gasteiger partial charge in [-0.2, -0.15) is 5.26 Å². The van der Waals surface area contributed by atoms with Crippen LogP contribution in [0, 0.1) is 24.2 Å². The van der Waals surface area contributed by atoms with Crippen molar-refractivity contribution in [1.82, 2.24) is 4.90 Å². The molecule has 0 aromatic heterocycles. The summed E-state index contributed by atoms with van der Waals surface area (Å²) in [6, 6.07) is 9.47. The molecule has 3 heteroatoms. The largest absolute Gasteiger partial charge is 0.326 e. The highest BCUT2D eigenvalue weighted by Gasteiger charge is 2.26. The summed E-state index contributed by atoms with van der Waals surface area (Å²) in [4.78, 5) is 13.9. The molecule has 3 nitrogen and oxygen atoms in total. The lowest BCUT2D eigenvalue weighted by Crippen LogP contribution is -2.35. The molecule has 19 heavy (non-hydrogen) atoms. The van der Waals surface area contributed by atoms with Crippen molar-refractivity contribution in [3.05, 3.63) is 35.4 Å². The van der Waals surface area contributed by atoms with Crippen molar-refractivity contribution in [3.63, 3.8) is 0 Å². The third-order valence-corrected chi connectivity index (χ3v) is 3.68. The molecular formula is C16H22N2O. The summed E-state index contributed by atoms with van der Waals surface area (Å²) in [5.41, 5.74) is 1.95. The number of nitrogens with zero attached hydrogens (tertiary/aromatic N) is 2. The molecule has 0 saturated heterocycles. The lowest BCUT2D eigenvalue weighted by molar-refractivity contribution is -0.135. The van der Waals surface area contributed by atoms with Gasteiger partial charge in [-0.3, -0.25) is 4.79 Å². The number of carbonyl (C=O) groups is 1. The summed E-state index contributed by atoms with van der Waals surface area (Å²) in [6.07, 6.45) is 1.62. The molecule has 1 aromatic carbocycles. The Labute approximate surface area is 115 Å². The van der Waals surface area contributed by atoms with Gasteiger partial charge in [-0.05, 0) is 30.9 Å². The van der Waals surface area contributed by atoms with Gasteiger partial charge in [0.1, 0.15) is 6.04 Å². The molecule has 1 atom stereocenters. The third kappa shape index (κ3) is 3.35. The van der Waals surface area contributed by atoms with Gasteiger partial charge in [0.05, 0.1) is 6.07 Å². The number of carbonyl (C=O) groups excluding carboxylic acids is 1. The Hall–Kier alpha value is -1.82. The minimum absolute atomic E-state index is 0.00451. The molecule has 1 aromatic rings. The Bertz CT molecular complexity index is 472. The fourth-order valence-corrected chi connectivity index (χ4v) is 2.31. The Morgan fingerprint density at radius 3 is 2.37 bits per heavy atom. The van der Waals surface area contributed by atoms with Crippen LogP contribution in [0.25, 0.3) is 0 Å². The second kappa shape index (κ2) is 6.94. The number of hydrogen-bond donors (Lipinski definition) is 0. The smallest absolute Gasteiger partial charge is 0.226 e. The highest BCUT2D eigenvalue weighted by molar-refractivity contribution is 5.79. The molecule has 0 aliphatic carbocycles. The van der Waals surface area contributed by atoms with Gasteiger partial charge in [-0.25, -0.2) is 0 Å². The standard InChI is InChI=1S/C16H22N2O/c1-5-13(6-2)16(19)18(4)15(11-17)14-10-8-7-9-12(14)3/h7-10,13,15H,5-6H2,1-4H3. The first-order valence-electron chi connectivity index (χ1n) is 6.78. The minimum Gasteiger partial charge on any atom is -0.326 e. The summed E-state index contributed by atoms with van der Waals surface area (Å²) in [6.45, 7) is 5.99. The van der Waals surface area contributed by atoms with Crippen LogP contribution in [0.1, 0.15) is 43.9 Å². The van der Waals surface area contributed by atoms with Crippen molar-refractivity contribution >= 4 is 5.91 Å². The quantitative estimate of drug-likeness (QED) is 0.812. The molecule has 1 unspecified atom stereocenters. The van der Waals surface area contributed by atoms with Crippen LogP contribution >= 0.6 is 0 Å². The molecule has 1 rings (SSSR count). The molecule has 0 N–H and O–H groups in total. The van der Waals surface area contributed by atoms with Gasteiger partial charge < -0.3 is 4.90 Å². The topological polar surface area (TPSA) is 44.1 Å². The summed E-state index contributed by atoms with van der Waals surface area (Å²) in [5.74, 6) is 0.0599. The van der Waals surface area contributed by atoms with E-state index >= 15 is 0 Å². The zero-order chi connectivity index (χ0) is 14.4. The van der Waals surface area contributed by atoms with Crippen molar-refractivity contribution in [2.45, 2.75) is 39.7 Å². The first kappa shape index (κ1) is 15.2. The number of amides is 1. The zero-order valence-electron chi connectivity index (χ0n) is 12.2. The van der Waals surface area contributed by atoms with Gasteiger partial charge in [0.2, 0.25) is 5.91 Å². The molecule has 0 aliphatic rings. The predicted molar refractivity (Wildman–Crippen MR) is 76.4 cm³/mol. The maximum absolute atomic E-state index is 12.4. The maximum Gasteiger partial charge on any atom is 0.226 e. The zero-order valence-corrected chi connectivity index (χ0v) is 12.2. The van der Waals surface area contributed by atoms with E-state index < -0.39 is 6.04 Å². The summed E-state index contributed by atoms with van der Waals surface area (Å²) in [7, 11) is 1.72. The van der Waals surface area contributed by atoms with E-state index in [9.17, 15) is 10.1 Å². The predicted octanol–water partition coefficient (Wildman–Crippen LogP) is 3.45. The van der Waals surface area contributed by atoms with Crippen molar-refractivity contribution in [2.24, 2.45) is 5.92 Å². The number of benzene rings is 1. The Balaban J connectivity index is 3.02. The van der Waals surface area contributed by atoms with E-state index in [4.69, 9.17) is 0 Å². The van der Waals surface area contributed by atoms with E-state index in [0.29, 0.717) is 0 Å². The normalized spacial score (nSPS) is 12.0. The average Bonchev–Trinajstić information content (AvgIpc) is 2.42.